The molecule has 0 bridgehead atoms. The van der Waals surface area contributed by atoms with Crippen molar-refractivity contribution in [2.75, 3.05) is 5.32 Å². The average Bonchev–Trinajstić information content (AvgIpc) is 2.69. The number of hydrogen-bond donors (Lipinski definition) is 1. The molecule has 6 heteroatoms. The van der Waals surface area contributed by atoms with Gasteiger partial charge in [-0.25, -0.2) is 0 Å². The van der Waals surface area contributed by atoms with E-state index in [9.17, 15) is 14.9 Å². The first kappa shape index (κ1) is 18.7. The van der Waals surface area contributed by atoms with Crippen LogP contribution in [0, 0.1) is 17.0 Å². The van der Waals surface area contributed by atoms with Crippen molar-refractivity contribution >= 4 is 29.0 Å². The number of aryl methyl sites for hydroxylation is 1. The number of nitro benzene ring substituents is 1. The summed E-state index contributed by atoms with van der Waals surface area (Å²) in [4.78, 5) is 24.6. The summed E-state index contributed by atoms with van der Waals surface area (Å²) in [6.45, 7) is 1.67. The van der Waals surface area contributed by atoms with Gasteiger partial charge in [0.2, 0.25) is 5.91 Å². The Bertz CT molecular complexity index is 946. The largest absolute Gasteiger partial charge is 0.325 e. The predicted molar refractivity (Wildman–Crippen MR) is 108 cm³/mol. The number of carbonyl (C=O) groups is 1. The minimum Gasteiger partial charge on any atom is -0.325 e. The van der Waals surface area contributed by atoms with Crippen LogP contribution >= 0.6 is 11.8 Å². The van der Waals surface area contributed by atoms with Crippen LogP contribution in [0.25, 0.3) is 0 Å². The molecular formula is C21H18N2O3S. The quantitative estimate of drug-likeness (QED) is 0.355. The highest BCUT2D eigenvalue weighted by Crippen LogP contribution is 2.36. The zero-order valence-electron chi connectivity index (χ0n) is 14.7. The Kier molecular flexibility index (Phi) is 5.88. The van der Waals surface area contributed by atoms with Crippen molar-refractivity contribution in [3.05, 3.63) is 100 Å². The second-order valence-electron chi connectivity index (χ2n) is 5.97. The maximum absolute atomic E-state index is 13.0. The third-order valence-electron chi connectivity index (χ3n) is 4.01. The number of anilines is 1. The number of carbonyl (C=O) groups excluding carboxylic acids is 1. The van der Waals surface area contributed by atoms with Gasteiger partial charge in [-0.1, -0.05) is 54.6 Å². The van der Waals surface area contributed by atoms with E-state index in [0.717, 1.165) is 10.5 Å². The van der Waals surface area contributed by atoms with Gasteiger partial charge in [0.15, 0.2) is 0 Å². The van der Waals surface area contributed by atoms with E-state index >= 15 is 0 Å². The zero-order chi connectivity index (χ0) is 19.2. The molecule has 0 fully saturated rings. The Morgan fingerprint density at radius 2 is 1.63 bits per heavy atom. The number of nitro groups is 1. The van der Waals surface area contributed by atoms with Crippen LogP contribution in [0.3, 0.4) is 0 Å². The molecule has 0 aliphatic heterocycles. The highest BCUT2D eigenvalue weighted by molar-refractivity contribution is 8.00. The normalized spacial score (nSPS) is 11.6. The summed E-state index contributed by atoms with van der Waals surface area (Å²) >= 11 is 1.44. The fraction of sp³-hybridized carbons (Fsp3) is 0.0952. The number of nitrogens with zero attached hydrogens (tertiary/aromatic N) is 1. The second-order valence-corrected chi connectivity index (χ2v) is 7.15. The van der Waals surface area contributed by atoms with Gasteiger partial charge in [-0.15, -0.1) is 11.8 Å². The molecule has 0 spiro atoms. The molecule has 3 aromatic rings. The number of hydrogen-bond acceptors (Lipinski definition) is 4. The van der Waals surface area contributed by atoms with Crippen molar-refractivity contribution in [1.29, 1.82) is 0 Å². The Hall–Kier alpha value is -3.12. The minimum atomic E-state index is -0.478. The standard InChI is InChI=1S/C21H18N2O3S/c1-15-12-13-17(14-19(15)23(25)26)22-21(24)20(16-8-4-2-5-9-16)27-18-10-6-3-7-11-18/h2-14,20H,1H3,(H,22,24)/t20-/m0/s1. The molecule has 0 saturated carbocycles. The third-order valence-corrected chi connectivity index (χ3v) is 5.28. The summed E-state index contributed by atoms with van der Waals surface area (Å²) in [6, 6.07) is 23.8. The highest BCUT2D eigenvalue weighted by atomic mass is 32.2. The monoisotopic (exact) mass is 378 g/mol. The van der Waals surface area contributed by atoms with Crippen molar-refractivity contribution < 1.29 is 9.72 Å². The van der Waals surface area contributed by atoms with Gasteiger partial charge in [0.25, 0.3) is 5.69 Å². The first-order chi connectivity index (χ1) is 13.0. The molecule has 0 saturated heterocycles. The van der Waals surface area contributed by atoms with Gasteiger partial charge in [-0.2, -0.15) is 0 Å². The van der Waals surface area contributed by atoms with Gasteiger partial charge >= 0.3 is 0 Å². The molecule has 0 aromatic heterocycles. The average molecular weight is 378 g/mol. The van der Waals surface area contributed by atoms with Crippen molar-refractivity contribution in [2.45, 2.75) is 17.1 Å². The zero-order valence-corrected chi connectivity index (χ0v) is 15.5. The van der Waals surface area contributed by atoms with E-state index in [0.29, 0.717) is 11.3 Å². The van der Waals surface area contributed by atoms with Gasteiger partial charge in [0.1, 0.15) is 5.25 Å². The Labute approximate surface area is 161 Å². The van der Waals surface area contributed by atoms with Crippen molar-refractivity contribution in [3.63, 3.8) is 0 Å². The number of rotatable bonds is 6. The van der Waals surface area contributed by atoms with E-state index in [-0.39, 0.29) is 11.6 Å². The number of amides is 1. The Balaban J connectivity index is 1.87. The highest BCUT2D eigenvalue weighted by Gasteiger charge is 2.23. The van der Waals surface area contributed by atoms with Crippen LogP contribution in [0.15, 0.2) is 83.8 Å². The molecule has 0 radical (unpaired) electrons. The molecular weight excluding hydrogens is 360 g/mol. The molecule has 3 aromatic carbocycles. The van der Waals surface area contributed by atoms with Gasteiger partial charge in [-0.3, -0.25) is 14.9 Å². The SMILES string of the molecule is Cc1ccc(NC(=O)[C@@H](Sc2ccccc2)c2ccccc2)cc1[N+](=O)[O-]. The molecule has 0 heterocycles. The molecule has 1 N–H and O–H groups in total. The third kappa shape index (κ3) is 4.74. The topological polar surface area (TPSA) is 72.2 Å². The van der Waals surface area contributed by atoms with E-state index in [1.807, 2.05) is 60.7 Å². The fourth-order valence-corrected chi connectivity index (χ4v) is 3.67. The van der Waals surface area contributed by atoms with E-state index in [4.69, 9.17) is 0 Å². The fourth-order valence-electron chi connectivity index (χ4n) is 2.63. The van der Waals surface area contributed by atoms with Crippen molar-refractivity contribution in [3.8, 4) is 0 Å². The maximum Gasteiger partial charge on any atom is 0.274 e. The number of benzene rings is 3. The lowest BCUT2D eigenvalue weighted by Gasteiger charge is -2.17. The molecule has 1 amide bonds. The van der Waals surface area contributed by atoms with Gasteiger partial charge < -0.3 is 5.32 Å². The molecule has 0 aliphatic carbocycles. The molecule has 1 atom stereocenters. The number of nitrogens with one attached hydrogen (secondary N) is 1. The van der Waals surface area contributed by atoms with Crippen LogP contribution in [0.5, 0.6) is 0 Å². The Morgan fingerprint density at radius 3 is 2.26 bits per heavy atom. The minimum absolute atomic E-state index is 0.0141. The summed E-state index contributed by atoms with van der Waals surface area (Å²) in [5.41, 5.74) is 1.81. The van der Waals surface area contributed by atoms with Crippen LogP contribution in [0.1, 0.15) is 16.4 Å². The van der Waals surface area contributed by atoms with Crippen LogP contribution in [0.2, 0.25) is 0 Å². The smallest absolute Gasteiger partial charge is 0.274 e. The second kappa shape index (κ2) is 8.51. The Morgan fingerprint density at radius 1 is 1.00 bits per heavy atom. The maximum atomic E-state index is 13.0. The molecule has 3 rings (SSSR count). The first-order valence-electron chi connectivity index (χ1n) is 8.37. The first-order valence-corrected chi connectivity index (χ1v) is 9.25. The molecule has 27 heavy (non-hydrogen) atoms. The van der Waals surface area contributed by atoms with E-state index in [2.05, 4.69) is 5.32 Å². The lowest BCUT2D eigenvalue weighted by Crippen LogP contribution is -2.19. The summed E-state index contributed by atoms with van der Waals surface area (Å²) < 4.78 is 0. The van der Waals surface area contributed by atoms with Gasteiger partial charge in [0, 0.05) is 22.2 Å². The van der Waals surface area contributed by atoms with E-state index in [1.54, 1.807) is 19.1 Å². The number of thioether (sulfide) groups is 1. The van der Waals surface area contributed by atoms with Crippen LogP contribution in [0.4, 0.5) is 11.4 Å². The van der Waals surface area contributed by atoms with Gasteiger partial charge in [-0.05, 0) is 30.7 Å². The molecule has 5 nitrogen and oxygen atoms in total. The van der Waals surface area contributed by atoms with Crippen molar-refractivity contribution in [1.82, 2.24) is 0 Å². The lowest BCUT2D eigenvalue weighted by atomic mass is 10.1. The summed E-state index contributed by atoms with van der Waals surface area (Å²) in [5, 5.41) is 13.5. The van der Waals surface area contributed by atoms with Crippen LogP contribution in [-0.4, -0.2) is 10.8 Å². The van der Waals surface area contributed by atoms with Gasteiger partial charge in [0.05, 0.1) is 4.92 Å². The summed E-state index contributed by atoms with van der Waals surface area (Å²) in [6.07, 6.45) is 0. The van der Waals surface area contributed by atoms with E-state index in [1.165, 1.54) is 17.8 Å². The lowest BCUT2D eigenvalue weighted by molar-refractivity contribution is -0.385. The predicted octanol–water partition coefficient (Wildman–Crippen LogP) is 5.38. The summed E-state index contributed by atoms with van der Waals surface area (Å²) in [7, 11) is 0. The molecule has 0 aliphatic rings. The molecule has 136 valence electrons. The van der Waals surface area contributed by atoms with Crippen molar-refractivity contribution in [2.24, 2.45) is 0 Å². The summed E-state index contributed by atoms with van der Waals surface area (Å²) in [5.74, 6) is -0.229. The molecule has 0 unspecified atom stereocenters. The van der Waals surface area contributed by atoms with E-state index < -0.39 is 10.2 Å². The van der Waals surface area contributed by atoms with Crippen LogP contribution < -0.4 is 5.32 Å². The van der Waals surface area contributed by atoms with Crippen LogP contribution in [-0.2, 0) is 4.79 Å².